The van der Waals surface area contributed by atoms with Crippen molar-refractivity contribution in [1.82, 2.24) is 4.98 Å². The van der Waals surface area contributed by atoms with Crippen molar-refractivity contribution < 1.29 is 18.0 Å². The highest BCUT2D eigenvalue weighted by molar-refractivity contribution is 14.1. The first-order valence-electron chi connectivity index (χ1n) is 10.2. The molecule has 0 aliphatic rings. The molecule has 5 nitrogen and oxygen atoms in total. The number of furan rings is 1. The molecule has 5 aromatic rings. The molecule has 3 aromatic carbocycles. The predicted molar refractivity (Wildman–Crippen MR) is 139 cm³/mol. The van der Waals surface area contributed by atoms with Crippen molar-refractivity contribution in [2.45, 2.75) is 0 Å². The summed E-state index contributed by atoms with van der Waals surface area (Å²) in [6.45, 7) is 0. The predicted octanol–water partition coefficient (Wildman–Crippen LogP) is 7.80. The molecular weight excluding hydrogens is 570 g/mol. The Hall–Kier alpha value is -3.43. The van der Waals surface area contributed by atoms with Crippen LogP contribution in [0.5, 0.6) is 0 Å². The summed E-state index contributed by atoms with van der Waals surface area (Å²) in [6.07, 6.45) is 2.91. The van der Waals surface area contributed by atoms with E-state index in [2.05, 4.69) is 32.9 Å². The smallest absolute Gasteiger partial charge is 0.248 e. The van der Waals surface area contributed by atoms with E-state index in [1.165, 1.54) is 18.2 Å². The fraction of sp³-hybridized carbons (Fsp3) is 0. The van der Waals surface area contributed by atoms with Gasteiger partial charge < -0.3 is 14.2 Å². The van der Waals surface area contributed by atoms with Gasteiger partial charge in [0.05, 0.1) is 5.02 Å². The van der Waals surface area contributed by atoms with Crippen molar-refractivity contribution in [3.05, 3.63) is 99.0 Å². The van der Waals surface area contributed by atoms with E-state index >= 15 is 0 Å². The summed E-state index contributed by atoms with van der Waals surface area (Å²) in [4.78, 5) is 16.9. The van der Waals surface area contributed by atoms with Gasteiger partial charge in [-0.3, -0.25) is 4.79 Å². The minimum Gasteiger partial charge on any atom is -0.457 e. The summed E-state index contributed by atoms with van der Waals surface area (Å²) in [7, 11) is 0. The maximum absolute atomic E-state index is 13.4. The van der Waals surface area contributed by atoms with E-state index in [0.29, 0.717) is 39.8 Å². The Balaban J connectivity index is 1.28. The zero-order chi connectivity index (χ0) is 23.7. The number of nitrogens with zero attached hydrogens (tertiary/aromatic N) is 1. The maximum atomic E-state index is 13.4. The lowest BCUT2D eigenvalue weighted by Gasteiger charge is -2.01. The van der Waals surface area contributed by atoms with Crippen molar-refractivity contribution in [2.75, 3.05) is 5.32 Å². The lowest BCUT2D eigenvalue weighted by atomic mass is 10.2. The second kappa shape index (κ2) is 9.44. The van der Waals surface area contributed by atoms with E-state index in [-0.39, 0.29) is 10.9 Å². The van der Waals surface area contributed by atoms with Crippen LogP contribution in [-0.2, 0) is 4.79 Å². The quantitative estimate of drug-likeness (QED) is 0.169. The summed E-state index contributed by atoms with van der Waals surface area (Å²) in [5, 5.41) is 2.82. The van der Waals surface area contributed by atoms with Crippen LogP contribution in [0.4, 0.5) is 10.1 Å². The van der Waals surface area contributed by atoms with E-state index in [1.54, 1.807) is 42.5 Å². The highest BCUT2D eigenvalue weighted by atomic mass is 127. The van der Waals surface area contributed by atoms with Crippen LogP contribution in [0.25, 0.3) is 40.0 Å². The number of benzene rings is 3. The molecule has 0 saturated heterocycles. The van der Waals surface area contributed by atoms with Crippen LogP contribution in [0.15, 0.2) is 87.7 Å². The monoisotopic (exact) mass is 584 g/mol. The molecule has 0 atom stereocenters. The molecule has 168 valence electrons. The topological polar surface area (TPSA) is 68.3 Å². The molecule has 5 rings (SSSR count). The number of anilines is 1. The van der Waals surface area contributed by atoms with Crippen molar-refractivity contribution in [1.29, 1.82) is 0 Å². The lowest BCUT2D eigenvalue weighted by Crippen LogP contribution is -2.07. The number of carbonyl (C=O) groups excluding carboxylic acids is 1. The van der Waals surface area contributed by atoms with Gasteiger partial charge in [-0.25, -0.2) is 9.37 Å². The first-order chi connectivity index (χ1) is 16.4. The van der Waals surface area contributed by atoms with Gasteiger partial charge in [0, 0.05) is 26.5 Å². The average Bonchev–Trinajstić information content (AvgIpc) is 3.46. The van der Waals surface area contributed by atoms with Gasteiger partial charge in [0.2, 0.25) is 11.8 Å². The molecule has 34 heavy (non-hydrogen) atoms. The fourth-order valence-electron chi connectivity index (χ4n) is 3.34. The van der Waals surface area contributed by atoms with Gasteiger partial charge in [-0.15, -0.1) is 0 Å². The van der Waals surface area contributed by atoms with Gasteiger partial charge in [0.25, 0.3) is 0 Å². The maximum Gasteiger partial charge on any atom is 0.248 e. The largest absolute Gasteiger partial charge is 0.457 e. The molecule has 0 saturated carbocycles. The summed E-state index contributed by atoms with van der Waals surface area (Å²) in [5.41, 5.74) is 3.39. The molecule has 0 unspecified atom stereocenters. The number of carbonyl (C=O) groups is 1. The number of amides is 1. The molecule has 0 spiro atoms. The third-order valence-corrected chi connectivity index (χ3v) is 5.92. The van der Waals surface area contributed by atoms with Gasteiger partial charge in [-0.05, 0) is 95.4 Å². The van der Waals surface area contributed by atoms with Crippen LogP contribution in [-0.4, -0.2) is 10.9 Å². The molecule has 0 bridgehead atoms. The molecule has 8 heteroatoms. The van der Waals surface area contributed by atoms with Gasteiger partial charge in [0.15, 0.2) is 5.58 Å². The third-order valence-electron chi connectivity index (χ3n) is 4.96. The van der Waals surface area contributed by atoms with Crippen molar-refractivity contribution >= 4 is 63.0 Å². The van der Waals surface area contributed by atoms with E-state index < -0.39 is 5.82 Å². The number of hydrogen-bond acceptors (Lipinski definition) is 4. The van der Waals surface area contributed by atoms with E-state index in [9.17, 15) is 9.18 Å². The molecule has 0 aliphatic heterocycles. The molecular formula is C26H15ClFIN2O3. The van der Waals surface area contributed by atoms with Gasteiger partial charge in [-0.2, -0.15) is 0 Å². The van der Waals surface area contributed by atoms with Crippen LogP contribution in [0.1, 0.15) is 5.76 Å². The normalized spacial score (nSPS) is 11.4. The number of fused-ring (bicyclic) bond motifs is 1. The number of oxazole rings is 1. The number of rotatable bonds is 5. The molecule has 1 amide bonds. The van der Waals surface area contributed by atoms with E-state index in [4.69, 9.17) is 20.4 Å². The van der Waals surface area contributed by atoms with Crippen molar-refractivity contribution in [3.8, 4) is 22.8 Å². The SMILES string of the molecule is O=C(/C=C/c1ccc(-c2ccc(F)c(Cl)c2)o1)Nc1ccc2oc(-c3cccc(I)c3)nc2c1. The number of halogens is 3. The Kier molecular flexibility index (Phi) is 6.21. The second-order valence-electron chi connectivity index (χ2n) is 7.37. The molecule has 2 heterocycles. The van der Waals surface area contributed by atoms with Gasteiger partial charge in [0.1, 0.15) is 22.9 Å². The Morgan fingerprint density at radius 3 is 2.71 bits per heavy atom. The Labute approximate surface area is 212 Å². The molecule has 0 aliphatic carbocycles. The summed E-state index contributed by atoms with van der Waals surface area (Å²) in [6, 6.07) is 20.9. The van der Waals surface area contributed by atoms with E-state index in [0.717, 1.165) is 9.13 Å². The third kappa shape index (κ3) is 4.90. The van der Waals surface area contributed by atoms with Crippen LogP contribution < -0.4 is 5.32 Å². The molecule has 1 N–H and O–H groups in total. The van der Waals surface area contributed by atoms with Crippen molar-refractivity contribution in [3.63, 3.8) is 0 Å². The summed E-state index contributed by atoms with van der Waals surface area (Å²) < 4.78 is 26.0. The minimum atomic E-state index is -0.497. The van der Waals surface area contributed by atoms with Gasteiger partial charge in [-0.1, -0.05) is 17.7 Å². The van der Waals surface area contributed by atoms with E-state index in [1.807, 2.05) is 24.3 Å². The first-order valence-corrected chi connectivity index (χ1v) is 11.6. The molecule has 0 fully saturated rings. The van der Waals surface area contributed by atoms with Gasteiger partial charge >= 0.3 is 0 Å². The second-order valence-corrected chi connectivity index (χ2v) is 9.02. The van der Waals surface area contributed by atoms with Crippen LogP contribution >= 0.6 is 34.2 Å². The zero-order valence-corrected chi connectivity index (χ0v) is 20.3. The highest BCUT2D eigenvalue weighted by Gasteiger charge is 2.10. The standard InChI is InChI=1S/C26H15ClFIN2O3/c27-20-13-15(4-8-21(20)28)23-10-6-19(33-23)7-11-25(32)30-18-5-9-24-22(14-18)31-26(34-24)16-2-1-3-17(29)12-16/h1-14H,(H,30,32)/b11-7+. The van der Waals surface area contributed by atoms with Crippen LogP contribution in [0.2, 0.25) is 5.02 Å². The molecule has 0 radical (unpaired) electrons. The van der Waals surface area contributed by atoms with Crippen LogP contribution in [0, 0.1) is 9.39 Å². The number of aromatic nitrogens is 1. The fourth-order valence-corrected chi connectivity index (χ4v) is 4.06. The highest BCUT2D eigenvalue weighted by Crippen LogP contribution is 2.28. The Morgan fingerprint density at radius 1 is 1.00 bits per heavy atom. The summed E-state index contributed by atoms with van der Waals surface area (Å²) >= 11 is 8.07. The molecule has 2 aromatic heterocycles. The average molecular weight is 585 g/mol. The Morgan fingerprint density at radius 2 is 1.88 bits per heavy atom. The Bertz CT molecular complexity index is 1560. The lowest BCUT2D eigenvalue weighted by molar-refractivity contribution is -0.111. The first kappa shape index (κ1) is 22.4. The zero-order valence-electron chi connectivity index (χ0n) is 17.4. The minimum absolute atomic E-state index is 0.0140. The van der Waals surface area contributed by atoms with Crippen molar-refractivity contribution in [2.24, 2.45) is 0 Å². The number of hydrogen-bond donors (Lipinski definition) is 1. The number of nitrogens with one attached hydrogen (secondary N) is 1. The summed E-state index contributed by atoms with van der Waals surface area (Å²) in [5.74, 6) is 0.682. The van der Waals surface area contributed by atoms with Crippen LogP contribution in [0.3, 0.4) is 0 Å².